The lowest BCUT2D eigenvalue weighted by Gasteiger charge is -2.25. The summed E-state index contributed by atoms with van der Waals surface area (Å²) in [5.74, 6) is 0.544. The van der Waals surface area contributed by atoms with Crippen molar-refractivity contribution in [3.05, 3.63) is 51.7 Å². The molecule has 4 rings (SSSR count). The van der Waals surface area contributed by atoms with Crippen molar-refractivity contribution in [2.45, 2.75) is 32.4 Å². The van der Waals surface area contributed by atoms with Gasteiger partial charge in [-0.2, -0.15) is 0 Å². The van der Waals surface area contributed by atoms with Gasteiger partial charge in [0.25, 0.3) is 5.56 Å². The number of methoxy groups -OCH3 is 2. The van der Waals surface area contributed by atoms with Crippen LogP contribution < -0.4 is 30.9 Å². The van der Waals surface area contributed by atoms with Gasteiger partial charge in [0.15, 0.2) is 10.8 Å². The summed E-state index contributed by atoms with van der Waals surface area (Å²) in [6, 6.07) is 5.00. The summed E-state index contributed by atoms with van der Waals surface area (Å²) in [4.78, 5) is 45.9. The molecule has 0 bridgehead atoms. The lowest BCUT2D eigenvalue weighted by molar-refractivity contribution is -0.116. The highest BCUT2D eigenvalue weighted by molar-refractivity contribution is 7.22. The molecule has 2 aromatic heterocycles. The highest BCUT2D eigenvalue weighted by Gasteiger charge is 2.22. The van der Waals surface area contributed by atoms with Crippen LogP contribution in [0.1, 0.15) is 19.3 Å². The first-order valence-electron chi connectivity index (χ1n) is 11.0. The van der Waals surface area contributed by atoms with E-state index in [9.17, 15) is 14.4 Å². The Hall–Kier alpha value is -3.60. The van der Waals surface area contributed by atoms with Crippen molar-refractivity contribution in [3.8, 4) is 11.5 Å². The third kappa shape index (κ3) is 4.56. The van der Waals surface area contributed by atoms with Crippen molar-refractivity contribution in [3.63, 3.8) is 0 Å². The fraction of sp³-hybridized carbons (Fsp3) is 0.391. The van der Waals surface area contributed by atoms with Gasteiger partial charge in [0.2, 0.25) is 5.91 Å². The molecule has 10 nitrogen and oxygen atoms in total. The van der Waals surface area contributed by atoms with Gasteiger partial charge in [0.05, 0.1) is 19.9 Å². The molecule has 1 N–H and O–H groups in total. The molecule has 1 aliphatic heterocycles. The zero-order valence-corrected chi connectivity index (χ0v) is 20.0. The summed E-state index contributed by atoms with van der Waals surface area (Å²) in [5.41, 5.74) is -0.374. The fourth-order valence-electron chi connectivity index (χ4n) is 3.96. The van der Waals surface area contributed by atoms with Crippen LogP contribution in [0.5, 0.6) is 11.5 Å². The summed E-state index contributed by atoms with van der Waals surface area (Å²) in [5, 5.41) is 3.46. The minimum atomic E-state index is -0.607. The van der Waals surface area contributed by atoms with Crippen LogP contribution in [0.2, 0.25) is 0 Å². The SMILES string of the molecule is C=CCn1c(=O)c2sc(N3CCCCC3)nc2n(CC(=O)Nc2ccc(OC)cc2OC)c1=O. The second-order valence-electron chi connectivity index (χ2n) is 7.88. The third-order valence-corrected chi connectivity index (χ3v) is 6.77. The second kappa shape index (κ2) is 10.1. The van der Waals surface area contributed by atoms with Crippen molar-refractivity contribution in [1.29, 1.82) is 0 Å². The van der Waals surface area contributed by atoms with Crippen molar-refractivity contribution in [2.75, 3.05) is 37.5 Å². The highest BCUT2D eigenvalue weighted by Crippen LogP contribution is 2.30. The molecule has 0 atom stereocenters. The van der Waals surface area contributed by atoms with Crippen LogP contribution in [0.15, 0.2) is 40.4 Å². The van der Waals surface area contributed by atoms with E-state index in [-0.39, 0.29) is 18.7 Å². The maximum atomic E-state index is 13.2. The molecule has 0 radical (unpaired) electrons. The number of aromatic nitrogens is 3. The van der Waals surface area contributed by atoms with Gasteiger partial charge in [-0.3, -0.25) is 18.7 Å². The van der Waals surface area contributed by atoms with Gasteiger partial charge >= 0.3 is 5.69 Å². The number of fused-ring (bicyclic) bond motifs is 1. The van der Waals surface area contributed by atoms with Crippen LogP contribution in [-0.2, 0) is 17.9 Å². The standard InChI is InChI=1S/C23H27N5O5S/c1-4-10-27-21(30)19-20(25-22(34-19)26-11-6-5-7-12-26)28(23(27)31)14-18(29)24-16-9-8-15(32-2)13-17(16)33-3/h4,8-9,13H,1,5-7,10-12,14H2,2-3H3,(H,24,29). The molecule has 1 fully saturated rings. The monoisotopic (exact) mass is 485 g/mol. The van der Waals surface area contributed by atoms with E-state index < -0.39 is 17.2 Å². The largest absolute Gasteiger partial charge is 0.497 e. The fourth-order valence-corrected chi connectivity index (χ4v) is 5.03. The number of carbonyl (C=O) groups excluding carboxylic acids is 1. The highest BCUT2D eigenvalue weighted by atomic mass is 32.1. The molecule has 3 heterocycles. The number of amides is 1. The Morgan fingerprint density at radius 1 is 1.18 bits per heavy atom. The quantitative estimate of drug-likeness (QED) is 0.488. The maximum Gasteiger partial charge on any atom is 0.333 e. The van der Waals surface area contributed by atoms with Gasteiger partial charge in [-0.15, -0.1) is 6.58 Å². The number of ether oxygens (including phenoxy) is 2. The molecule has 3 aromatic rings. The van der Waals surface area contributed by atoms with E-state index >= 15 is 0 Å². The molecule has 1 saturated heterocycles. The van der Waals surface area contributed by atoms with Crippen LogP contribution in [0.3, 0.4) is 0 Å². The molecule has 11 heteroatoms. The van der Waals surface area contributed by atoms with Gasteiger partial charge in [-0.1, -0.05) is 17.4 Å². The van der Waals surface area contributed by atoms with Gasteiger partial charge in [-0.05, 0) is 31.4 Å². The molecule has 1 aliphatic rings. The number of nitrogens with one attached hydrogen (secondary N) is 1. The molecule has 180 valence electrons. The van der Waals surface area contributed by atoms with Crippen molar-refractivity contribution >= 4 is 38.4 Å². The zero-order chi connectivity index (χ0) is 24.2. The van der Waals surface area contributed by atoms with Crippen LogP contribution in [0.4, 0.5) is 10.8 Å². The van der Waals surface area contributed by atoms with Gasteiger partial charge < -0.3 is 19.7 Å². The number of hydrogen-bond acceptors (Lipinski definition) is 8. The Labute approximate surface area is 200 Å². The van der Waals surface area contributed by atoms with Crippen LogP contribution in [0, 0.1) is 0 Å². The van der Waals surface area contributed by atoms with E-state index in [1.54, 1.807) is 18.2 Å². The Bertz CT molecular complexity index is 1340. The van der Waals surface area contributed by atoms with Crippen molar-refractivity contribution in [2.24, 2.45) is 0 Å². The topological polar surface area (TPSA) is 108 Å². The summed E-state index contributed by atoms with van der Waals surface area (Å²) in [7, 11) is 3.02. The number of piperidine rings is 1. The number of carbonyl (C=O) groups is 1. The normalized spacial score (nSPS) is 13.6. The second-order valence-corrected chi connectivity index (χ2v) is 8.86. The number of hydrogen-bond donors (Lipinski definition) is 1. The molecule has 0 unspecified atom stereocenters. The smallest absolute Gasteiger partial charge is 0.333 e. The van der Waals surface area contributed by atoms with Gasteiger partial charge in [-0.25, -0.2) is 9.78 Å². The summed E-state index contributed by atoms with van der Waals surface area (Å²) < 4.78 is 13.2. The Morgan fingerprint density at radius 2 is 1.94 bits per heavy atom. The molecular formula is C23H27N5O5S. The number of thiazole rings is 1. The minimum absolute atomic E-state index is 0.0402. The predicted octanol–water partition coefficient (Wildman–Crippen LogP) is 2.45. The minimum Gasteiger partial charge on any atom is -0.497 e. The Morgan fingerprint density at radius 3 is 2.62 bits per heavy atom. The zero-order valence-electron chi connectivity index (χ0n) is 19.2. The molecule has 0 aliphatic carbocycles. The van der Waals surface area contributed by atoms with Gasteiger partial charge in [0.1, 0.15) is 22.7 Å². The van der Waals surface area contributed by atoms with E-state index in [2.05, 4.69) is 21.8 Å². The first kappa shape index (κ1) is 23.6. The first-order chi connectivity index (χ1) is 16.5. The van der Waals surface area contributed by atoms with Crippen molar-refractivity contribution in [1.82, 2.24) is 14.1 Å². The van der Waals surface area contributed by atoms with E-state index in [1.807, 2.05) is 0 Å². The van der Waals surface area contributed by atoms with Crippen LogP contribution >= 0.6 is 11.3 Å². The number of rotatable bonds is 8. The van der Waals surface area contributed by atoms with Crippen LogP contribution in [0.25, 0.3) is 10.3 Å². The molecule has 0 spiro atoms. The number of benzene rings is 1. The number of anilines is 2. The third-order valence-electron chi connectivity index (χ3n) is 5.68. The first-order valence-corrected chi connectivity index (χ1v) is 11.8. The number of nitrogens with zero attached hydrogens (tertiary/aromatic N) is 4. The average Bonchev–Trinajstić information content (AvgIpc) is 3.31. The van der Waals surface area contributed by atoms with E-state index in [4.69, 9.17) is 9.47 Å². The van der Waals surface area contributed by atoms with Crippen molar-refractivity contribution < 1.29 is 14.3 Å². The molecule has 1 amide bonds. The predicted molar refractivity (Wildman–Crippen MR) is 133 cm³/mol. The molecule has 1 aromatic carbocycles. The lowest BCUT2D eigenvalue weighted by Crippen LogP contribution is -2.41. The van der Waals surface area contributed by atoms with E-state index in [1.165, 1.54) is 36.2 Å². The summed E-state index contributed by atoms with van der Waals surface area (Å²) in [6.07, 6.45) is 4.74. The summed E-state index contributed by atoms with van der Waals surface area (Å²) in [6.45, 7) is 5.07. The molecule has 0 saturated carbocycles. The Balaban J connectivity index is 1.72. The average molecular weight is 486 g/mol. The van der Waals surface area contributed by atoms with Crippen LogP contribution in [-0.4, -0.2) is 47.3 Å². The maximum absolute atomic E-state index is 13.2. The Kier molecular flexibility index (Phi) is 7.01. The molecule has 34 heavy (non-hydrogen) atoms. The van der Waals surface area contributed by atoms with Gasteiger partial charge in [0, 0.05) is 25.7 Å². The van der Waals surface area contributed by atoms with E-state index in [0.717, 1.165) is 36.9 Å². The lowest BCUT2D eigenvalue weighted by atomic mass is 10.1. The number of allylic oxidation sites excluding steroid dienone is 1. The summed E-state index contributed by atoms with van der Waals surface area (Å²) >= 11 is 1.26. The molecular weight excluding hydrogens is 458 g/mol. The van der Waals surface area contributed by atoms with E-state index in [0.29, 0.717) is 27.0 Å².